The number of hydrogen-bond acceptors (Lipinski definition) is 6. The zero-order valence-corrected chi connectivity index (χ0v) is 24.3. The van der Waals surface area contributed by atoms with Crippen molar-refractivity contribution in [3.8, 4) is 22.8 Å². The Morgan fingerprint density at radius 2 is 1.90 bits per heavy atom. The number of fused-ring (bicyclic) bond motifs is 4. The zero-order valence-electron chi connectivity index (χ0n) is 24.3. The van der Waals surface area contributed by atoms with E-state index in [1.54, 1.807) is 18.7 Å². The van der Waals surface area contributed by atoms with Crippen molar-refractivity contribution in [1.82, 2.24) is 34.6 Å². The second-order valence-electron chi connectivity index (χ2n) is 11.1. The maximum absolute atomic E-state index is 13.3. The van der Waals surface area contributed by atoms with Crippen LogP contribution < -0.4 is 15.4 Å². The molecule has 2 N–H and O–H groups in total. The van der Waals surface area contributed by atoms with Crippen LogP contribution in [0.5, 0.6) is 5.75 Å². The number of benzene rings is 2. The van der Waals surface area contributed by atoms with Gasteiger partial charge in [-0.1, -0.05) is 38.1 Å². The number of nitrogens with zero attached hydrogens (tertiary/aromatic N) is 5. The van der Waals surface area contributed by atoms with Gasteiger partial charge in [0.05, 0.1) is 19.5 Å². The van der Waals surface area contributed by atoms with E-state index < -0.39 is 6.04 Å². The lowest BCUT2D eigenvalue weighted by Crippen LogP contribution is -2.50. The number of hydrogen-bond donors (Lipinski definition) is 2. The van der Waals surface area contributed by atoms with Gasteiger partial charge in [-0.2, -0.15) is 0 Å². The molecule has 3 heterocycles. The Labute approximate surface area is 246 Å². The highest BCUT2D eigenvalue weighted by Crippen LogP contribution is 2.23. The van der Waals surface area contributed by atoms with E-state index in [-0.39, 0.29) is 24.3 Å². The second-order valence-corrected chi connectivity index (χ2v) is 11.1. The summed E-state index contributed by atoms with van der Waals surface area (Å²) in [6.07, 6.45) is 10.4. The first-order chi connectivity index (χ1) is 20.4. The number of carbonyl (C=O) groups is 2. The third kappa shape index (κ3) is 7.85. The minimum absolute atomic E-state index is 0.169. The molecule has 10 heteroatoms. The predicted molar refractivity (Wildman–Crippen MR) is 161 cm³/mol. The summed E-state index contributed by atoms with van der Waals surface area (Å²) in [5.74, 6) is 1.49. The maximum Gasteiger partial charge on any atom is 0.242 e. The first-order valence-corrected chi connectivity index (χ1v) is 14.6. The molecule has 2 aromatic carbocycles. The van der Waals surface area contributed by atoms with E-state index in [1.807, 2.05) is 57.9 Å². The fourth-order valence-corrected chi connectivity index (χ4v) is 5.18. The van der Waals surface area contributed by atoms with Gasteiger partial charge in [-0.25, -0.2) is 9.97 Å². The number of nitrogens with one attached hydrogen (secondary N) is 2. The Morgan fingerprint density at radius 3 is 2.69 bits per heavy atom. The van der Waals surface area contributed by atoms with Crippen LogP contribution in [0.2, 0.25) is 0 Å². The second kappa shape index (κ2) is 14.0. The van der Waals surface area contributed by atoms with Gasteiger partial charge in [0.2, 0.25) is 11.8 Å². The first kappa shape index (κ1) is 29.1. The summed E-state index contributed by atoms with van der Waals surface area (Å²) in [7, 11) is 0. The number of carbonyl (C=O) groups excluding carboxylic acids is 2. The zero-order chi connectivity index (χ0) is 29.3. The highest BCUT2D eigenvalue weighted by atomic mass is 16.5. The monoisotopic (exact) mass is 569 g/mol. The molecule has 2 amide bonds. The molecule has 0 saturated carbocycles. The summed E-state index contributed by atoms with van der Waals surface area (Å²) in [4.78, 5) is 37.2. The number of rotatable bonds is 5. The molecule has 0 fully saturated rings. The molecule has 10 nitrogen and oxygen atoms in total. The van der Waals surface area contributed by atoms with Gasteiger partial charge in [0.15, 0.2) is 0 Å². The van der Waals surface area contributed by atoms with Crippen LogP contribution in [0.3, 0.4) is 0 Å². The summed E-state index contributed by atoms with van der Waals surface area (Å²) in [6.45, 7) is 7.02. The van der Waals surface area contributed by atoms with E-state index in [4.69, 9.17) is 4.74 Å². The largest absolute Gasteiger partial charge is 0.494 e. The molecule has 0 radical (unpaired) electrons. The highest BCUT2D eigenvalue weighted by molar-refractivity contribution is 5.88. The number of imidazole rings is 2. The normalized spacial score (nSPS) is 17.5. The molecule has 1 atom stereocenters. The van der Waals surface area contributed by atoms with Crippen LogP contribution in [0.25, 0.3) is 17.1 Å². The van der Waals surface area contributed by atoms with Gasteiger partial charge in [-0.3, -0.25) is 14.5 Å². The van der Waals surface area contributed by atoms with E-state index in [0.717, 1.165) is 34.8 Å². The van der Waals surface area contributed by atoms with Crippen LogP contribution in [-0.2, 0) is 22.7 Å². The fraction of sp³-hybridized carbons (Fsp3) is 0.375. The molecular formula is C32H39N7O3. The molecule has 220 valence electrons. The van der Waals surface area contributed by atoms with Crippen molar-refractivity contribution in [2.24, 2.45) is 5.92 Å². The Kier molecular flexibility index (Phi) is 9.66. The third-order valence-corrected chi connectivity index (χ3v) is 7.22. The molecule has 4 aromatic rings. The van der Waals surface area contributed by atoms with Crippen molar-refractivity contribution in [3.63, 3.8) is 0 Å². The van der Waals surface area contributed by atoms with Crippen LogP contribution in [0.4, 0.5) is 0 Å². The number of ether oxygens (including phenoxy) is 1. The average molecular weight is 570 g/mol. The Hall–Kier alpha value is -4.44. The van der Waals surface area contributed by atoms with Crippen LogP contribution in [0.15, 0.2) is 79.6 Å². The maximum atomic E-state index is 13.3. The minimum Gasteiger partial charge on any atom is -0.494 e. The van der Waals surface area contributed by atoms with E-state index in [0.29, 0.717) is 39.2 Å². The van der Waals surface area contributed by atoms with Gasteiger partial charge in [0.25, 0.3) is 0 Å². The quantitative estimate of drug-likeness (QED) is 0.380. The lowest BCUT2D eigenvalue weighted by atomic mass is 10.0. The minimum atomic E-state index is -0.602. The molecule has 2 aromatic heterocycles. The van der Waals surface area contributed by atoms with E-state index in [2.05, 4.69) is 51.5 Å². The topological polar surface area (TPSA) is 106 Å². The molecule has 5 rings (SSSR count). The van der Waals surface area contributed by atoms with E-state index in [9.17, 15) is 9.59 Å². The van der Waals surface area contributed by atoms with Crippen LogP contribution in [0.1, 0.15) is 32.3 Å². The molecule has 0 aliphatic carbocycles. The summed E-state index contributed by atoms with van der Waals surface area (Å²) in [5, 5.41) is 6.03. The standard InChI is InChI=1S/C32H39N7O3/c1-24(2)19-29-32(41)35-13-17-38-16-12-34-31(38)26-5-3-6-28(20-26)42-18-4-14-37(22-30(40)36-29)21-25-7-9-27(10-8-25)39-15-11-33-23-39/h3,5-12,15-16,20,23-24,29H,4,13-14,17-19,21-22H2,1-2H3,(H,35,41)(H,36,40)/t29-/m1/s1. The lowest BCUT2D eigenvalue weighted by Gasteiger charge is -2.25. The summed E-state index contributed by atoms with van der Waals surface area (Å²) < 4.78 is 10.1. The van der Waals surface area contributed by atoms with Gasteiger partial charge < -0.3 is 24.5 Å². The van der Waals surface area contributed by atoms with Gasteiger partial charge in [0.1, 0.15) is 17.6 Å². The average Bonchev–Trinajstić information content (AvgIpc) is 3.68. The number of amides is 2. The van der Waals surface area contributed by atoms with Gasteiger partial charge in [-0.15, -0.1) is 0 Å². The molecule has 2 bridgehead atoms. The van der Waals surface area contributed by atoms with Gasteiger partial charge in [-0.05, 0) is 48.6 Å². The summed E-state index contributed by atoms with van der Waals surface area (Å²) >= 11 is 0. The van der Waals surface area contributed by atoms with Crippen molar-refractivity contribution in [3.05, 3.63) is 85.2 Å². The Balaban J connectivity index is 1.34. The lowest BCUT2D eigenvalue weighted by molar-refractivity contribution is -0.130. The highest BCUT2D eigenvalue weighted by Gasteiger charge is 2.23. The fourth-order valence-electron chi connectivity index (χ4n) is 5.18. The van der Waals surface area contributed by atoms with Crippen LogP contribution in [-0.4, -0.2) is 68.1 Å². The smallest absolute Gasteiger partial charge is 0.242 e. The molecule has 1 aliphatic rings. The van der Waals surface area contributed by atoms with Gasteiger partial charge >= 0.3 is 0 Å². The molecular weight excluding hydrogens is 530 g/mol. The van der Waals surface area contributed by atoms with Crippen molar-refractivity contribution >= 4 is 11.8 Å². The van der Waals surface area contributed by atoms with Crippen LogP contribution in [0, 0.1) is 5.92 Å². The van der Waals surface area contributed by atoms with E-state index in [1.165, 1.54) is 0 Å². The Bertz CT molecular complexity index is 1450. The Morgan fingerprint density at radius 1 is 1.05 bits per heavy atom. The van der Waals surface area contributed by atoms with Crippen molar-refractivity contribution in [2.75, 3.05) is 26.2 Å². The molecule has 1 aliphatic heterocycles. The molecule has 0 spiro atoms. The van der Waals surface area contributed by atoms with E-state index >= 15 is 0 Å². The first-order valence-electron chi connectivity index (χ1n) is 14.6. The number of aromatic nitrogens is 4. The molecule has 0 unspecified atom stereocenters. The predicted octanol–water partition coefficient (Wildman–Crippen LogP) is 3.67. The SMILES string of the molecule is CC(C)C[C@H]1NC(=O)CN(Cc2ccc(-n3ccnc3)cc2)CCCOc2cccc(c2)-c2nccn2CCNC1=O. The third-order valence-electron chi connectivity index (χ3n) is 7.22. The van der Waals surface area contributed by atoms with Crippen molar-refractivity contribution < 1.29 is 14.3 Å². The molecule has 42 heavy (non-hydrogen) atoms. The summed E-state index contributed by atoms with van der Waals surface area (Å²) in [5.41, 5.74) is 3.07. The van der Waals surface area contributed by atoms with Gasteiger partial charge in [0, 0.05) is 62.2 Å². The van der Waals surface area contributed by atoms with Crippen molar-refractivity contribution in [1.29, 1.82) is 0 Å². The summed E-state index contributed by atoms with van der Waals surface area (Å²) in [6, 6.07) is 15.5. The van der Waals surface area contributed by atoms with Crippen LogP contribution >= 0.6 is 0 Å². The molecule has 0 saturated heterocycles. The van der Waals surface area contributed by atoms with Crippen molar-refractivity contribution in [2.45, 2.75) is 45.8 Å².